The first-order valence-corrected chi connectivity index (χ1v) is 9.57. The Kier molecular flexibility index (Phi) is 6.48. The van der Waals surface area contributed by atoms with E-state index in [-0.39, 0.29) is 48.6 Å². The minimum atomic E-state index is -1.16. The number of nitrogens with zero attached hydrogens (tertiary/aromatic N) is 5. The van der Waals surface area contributed by atoms with Crippen LogP contribution in [0.3, 0.4) is 0 Å². The van der Waals surface area contributed by atoms with Crippen LogP contribution < -0.4 is 14.8 Å². The monoisotopic (exact) mass is 420 g/mol. The number of carbonyl (C=O) groups excluding carboxylic acids is 2. The van der Waals surface area contributed by atoms with Gasteiger partial charge in [0.1, 0.15) is 11.7 Å². The molecule has 2 aromatic rings. The predicted molar refractivity (Wildman–Crippen MR) is 104 cm³/mol. The molecule has 2 aromatic heterocycles. The van der Waals surface area contributed by atoms with E-state index in [2.05, 4.69) is 20.6 Å². The number of likely N-dealkylation sites (tertiary alicyclic amines) is 1. The summed E-state index contributed by atoms with van der Waals surface area (Å²) in [5.74, 6) is -0.327. The number of methoxy groups -OCH3 is 2. The maximum Gasteiger partial charge on any atom is 0.273 e. The zero-order valence-electron chi connectivity index (χ0n) is 17.3. The minimum absolute atomic E-state index is 0.0361. The largest absolute Gasteiger partial charge is 0.481 e. The standard InChI is InChI=1S/C19H25FN6O4/c1-11(2)21-17(27)15-10-25(24-23-15)9-13-7-12(20)8-26(13)19(28)14-5-6-16(29-3)22-18(14)30-4/h5-6,10-13H,7-9H2,1-4H3,(H,21,27)/t12-,13-/m0/s1. The molecule has 3 rings (SSSR count). The molecule has 2 amide bonds. The molecule has 30 heavy (non-hydrogen) atoms. The Balaban J connectivity index is 1.77. The number of amides is 2. The maximum absolute atomic E-state index is 14.2. The van der Waals surface area contributed by atoms with Crippen molar-refractivity contribution in [1.29, 1.82) is 0 Å². The third-order valence-corrected chi connectivity index (χ3v) is 4.68. The minimum Gasteiger partial charge on any atom is -0.481 e. The molecular weight excluding hydrogens is 395 g/mol. The lowest BCUT2D eigenvalue weighted by molar-refractivity contribution is 0.0709. The number of carbonyl (C=O) groups is 2. The number of alkyl halides is 1. The molecule has 0 radical (unpaired) electrons. The molecule has 1 fully saturated rings. The van der Waals surface area contributed by atoms with Crippen LogP contribution in [0.4, 0.5) is 4.39 Å². The van der Waals surface area contributed by atoms with Gasteiger partial charge in [-0.15, -0.1) is 5.10 Å². The van der Waals surface area contributed by atoms with Crippen LogP contribution in [0, 0.1) is 0 Å². The van der Waals surface area contributed by atoms with Gasteiger partial charge in [0, 0.05) is 18.5 Å². The number of halogens is 1. The Morgan fingerprint density at radius 3 is 2.73 bits per heavy atom. The molecule has 1 saturated heterocycles. The quantitative estimate of drug-likeness (QED) is 0.713. The summed E-state index contributed by atoms with van der Waals surface area (Å²) in [6, 6.07) is 2.59. The predicted octanol–water partition coefficient (Wildman–Crippen LogP) is 1.08. The molecule has 0 bridgehead atoms. The topological polar surface area (TPSA) is 111 Å². The first-order valence-electron chi connectivity index (χ1n) is 9.57. The number of hydrogen-bond acceptors (Lipinski definition) is 7. The summed E-state index contributed by atoms with van der Waals surface area (Å²) in [5.41, 5.74) is 0.380. The first-order chi connectivity index (χ1) is 14.3. The van der Waals surface area contributed by atoms with Crippen LogP contribution in [0.1, 0.15) is 41.1 Å². The van der Waals surface area contributed by atoms with Crippen LogP contribution in [0.15, 0.2) is 18.3 Å². The third kappa shape index (κ3) is 4.66. The Hall–Kier alpha value is -3.24. The molecular formula is C19H25FN6O4. The molecule has 0 unspecified atom stereocenters. The van der Waals surface area contributed by atoms with Crippen molar-refractivity contribution in [2.75, 3.05) is 20.8 Å². The van der Waals surface area contributed by atoms with Gasteiger partial charge >= 0.3 is 0 Å². The number of nitrogens with one attached hydrogen (secondary N) is 1. The van der Waals surface area contributed by atoms with Crippen molar-refractivity contribution in [2.45, 2.75) is 45.1 Å². The lowest BCUT2D eigenvalue weighted by atomic mass is 10.2. The third-order valence-electron chi connectivity index (χ3n) is 4.68. The van der Waals surface area contributed by atoms with Gasteiger partial charge in [0.25, 0.3) is 11.8 Å². The molecule has 0 aromatic carbocycles. The number of rotatable bonds is 7. The van der Waals surface area contributed by atoms with E-state index in [0.29, 0.717) is 5.88 Å². The molecule has 1 aliphatic heterocycles. The lowest BCUT2D eigenvalue weighted by Gasteiger charge is -2.24. The van der Waals surface area contributed by atoms with Crippen LogP contribution in [0.25, 0.3) is 0 Å². The van der Waals surface area contributed by atoms with Crippen molar-refractivity contribution < 1.29 is 23.5 Å². The summed E-state index contributed by atoms with van der Waals surface area (Å²) < 4.78 is 25.9. The average molecular weight is 420 g/mol. The fourth-order valence-corrected chi connectivity index (χ4v) is 3.34. The van der Waals surface area contributed by atoms with E-state index < -0.39 is 18.1 Å². The summed E-state index contributed by atoms with van der Waals surface area (Å²) in [6.07, 6.45) is 0.482. The molecule has 0 spiro atoms. The maximum atomic E-state index is 14.2. The molecule has 2 atom stereocenters. The molecule has 10 nitrogen and oxygen atoms in total. The van der Waals surface area contributed by atoms with Gasteiger partial charge in [-0.3, -0.25) is 9.59 Å². The fourth-order valence-electron chi connectivity index (χ4n) is 3.34. The van der Waals surface area contributed by atoms with Gasteiger partial charge in [0.2, 0.25) is 11.8 Å². The van der Waals surface area contributed by atoms with Gasteiger partial charge < -0.3 is 19.7 Å². The molecule has 3 heterocycles. The average Bonchev–Trinajstić information content (AvgIpc) is 3.33. The highest BCUT2D eigenvalue weighted by Gasteiger charge is 2.37. The normalized spacial score (nSPS) is 18.5. The molecule has 162 valence electrons. The lowest BCUT2D eigenvalue weighted by Crippen LogP contribution is -2.38. The molecule has 1 aliphatic rings. The van der Waals surface area contributed by atoms with E-state index in [1.165, 1.54) is 30.0 Å². The van der Waals surface area contributed by atoms with E-state index in [0.717, 1.165) is 0 Å². The Morgan fingerprint density at radius 2 is 2.07 bits per heavy atom. The highest BCUT2D eigenvalue weighted by atomic mass is 19.1. The van der Waals surface area contributed by atoms with Gasteiger partial charge in [-0.1, -0.05) is 5.21 Å². The number of ether oxygens (including phenoxy) is 2. The highest BCUT2D eigenvalue weighted by Crippen LogP contribution is 2.27. The van der Waals surface area contributed by atoms with Crippen LogP contribution in [-0.2, 0) is 6.54 Å². The second-order valence-corrected chi connectivity index (χ2v) is 7.31. The van der Waals surface area contributed by atoms with Crippen molar-refractivity contribution in [2.24, 2.45) is 0 Å². The van der Waals surface area contributed by atoms with E-state index >= 15 is 0 Å². The van der Waals surface area contributed by atoms with E-state index in [4.69, 9.17) is 9.47 Å². The van der Waals surface area contributed by atoms with Gasteiger partial charge in [-0.05, 0) is 19.9 Å². The zero-order chi connectivity index (χ0) is 21.8. The van der Waals surface area contributed by atoms with Crippen LogP contribution in [0.5, 0.6) is 11.8 Å². The summed E-state index contributed by atoms with van der Waals surface area (Å²) >= 11 is 0. The van der Waals surface area contributed by atoms with Gasteiger partial charge in [0.15, 0.2) is 5.69 Å². The van der Waals surface area contributed by atoms with Crippen LogP contribution in [0.2, 0.25) is 0 Å². The first kappa shape index (κ1) is 21.5. The van der Waals surface area contributed by atoms with E-state index in [1.54, 1.807) is 12.1 Å². The van der Waals surface area contributed by atoms with Crippen molar-refractivity contribution in [1.82, 2.24) is 30.2 Å². The highest BCUT2D eigenvalue weighted by molar-refractivity contribution is 5.97. The summed E-state index contributed by atoms with van der Waals surface area (Å²) in [4.78, 5) is 30.7. The smallest absolute Gasteiger partial charge is 0.273 e. The fraction of sp³-hybridized carbons (Fsp3) is 0.526. The van der Waals surface area contributed by atoms with Crippen molar-refractivity contribution in [3.8, 4) is 11.8 Å². The van der Waals surface area contributed by atoms with E-state index in [9.17, 15) is 14.0 Å². The SMILES string of the molecule is COc1ccc(C(=O)N2C[C@@H](F)C[C@H]2Cn2cc(C(=O)NC(C)C)nn2)c(OC)n1. The van der Waals surface area contributed by atoms with Crippen molar-refractivity contribution in [3.05, 3.63) is 29.6 Å². The van der Waals surface area contributed by atoms with Gasteiger partial charge in [-0.2, -0.15) is 4.98 Å². The summed E-state index contributed by atoms with van der Waals surface area (Å²) in [5, 5.41) is 10.5. The number of pyridine rings is 1. The molecule has 1 N–H and O–H groups in total. The second-order valence-electron chi connectivity index (χ2n) is 7.31. The Bertz CT molecular complexity index is 918. The molecule has 11 heteroatoms. The van der Waals surface area contributed by atoms with Gasteiger partial charge in [-0.25, -0.2) is 9.07 Å². The Morgan fingerprint density at radius 1 is 1.30 bits per heavy atom. The van der Waals surface area contributed by atoms with E-state index in [1.807, 2.05) is 13.8 Å². The second kappa shape index (κ2) is 9.06. The molecule has 0 saturated carbocycles. The zero-order valence-corrected chi connectivity index (χ0v) is 17.3. The van der Waals surface area contributed by atoms with Crippen LogP contribution in [-0.4, -0.2) is 75.7 Å². The number of hydrogen-bond donors (Lipinski definition) is 1. The van der Waals surface area contributed by atoms with Crippen molar-refractivity contribution in [3.63, 3.8) is 0 Å². The van der Waals surface area contributed by atoms with Crippen molar-refractivity contribution >= 4 is 11.8 Å². The summed E-state index contributed by atoms with van der Waals surface area (Å²) in [7, 11) is 2.86. The van der Waals surface area contributed by atoms with Crippen LogP contribution >= 0.6 is 0 Å². The van der Waals surface area contributed by atoms with Gasteiger partial charge in [0.05, 0.1) is 39.5 Å². The summed E-state index contributed by atoms with van der Waals surface area (Å²) in [6.45, 7) is 3.84. The molecule has 0 aliphatic carbocycles. The Labute approximate surface area is 173 Å². The number of aromatic nitrogens is 4.